The number of benzene rings is 4. The van der Waals surface area contributed by atoms with E-state index >= 15 is 0 Å². The van der Waals surface area contributed by atoms with E-state index in [9.17, 15) is 4.79 Å². The summed E-state index contributed by atoms with van der Waals surface area (Å²) in [5.74, 6) is 0.635. The van der Waals surface area contributed by atoms with Crippen LogP contribution in [0.3, 0.4) is 0 Å². The summed E-state index contributed by atoms with van der Waals surface area (Å²) in [6.07, 6.45) is 0.671. The number of nitrogens with one attached hydrogen (secondary N) is 3. The van der Waals surface area contributed by atoms with Gasteiger partial charge in [0.15, 0.2) is 10.2 Å². The minimum atomic E-state index is -0.276. The standard InChI is InChI=1S/C31H28N4O2S3/c1-3-28(29(36)35-31-34-26(19-39-31)22-16-15-20-9-4-5-10-21(20)17-22)40-24-12-8-11-23(18-24)32-30(38)33-25-13-6-7-14-27(25)37-2/h4-19,28H,3H2,1-2H3,(H2,32,33,38)(H,34,35,36). The zero-order valence-corrected chi connectivity index (χ0v) is 24.5. The van der Waals surface area contributed by atoms with Gasteiger partial charge in [0.25, 0.3) is 0 Å². The predicted molar refractivity (Wildman–Crippen MR) is 173 cm³/mol. The second-order valence-electron chi connectivity index (χ2n) is 8.91. The fourth-order valence-corrected chi connectivity index (χ4v) is 6.13. The number of aromatic nitrogens is 1. The molecule has 40 heavy (non-hydrogen) atoms. The molecule has 3 N–H and O–H groups in total. The third-order valence-electron chi connectivity index (χ3n) is 6.17. The van der Waals surface area contributed by atoms with Crippen molar-refractivity contribution >= 4 is 73.6 Å². The number of thioether (sulfide) groups is 1. The zero-order chi connectivity index (χ0) is 27.9. The number of fused-ring (bicyclic) bond motifs is 1. The molecule has 0 aliphatic rings. The van der Waals surface area contributed by atoms with E-state index in [1.165, 1.54) is 28.5 Å². The lowest BCUT2D eigenvalue weighted by molar-refractivity contribution is -0.115. The molecule has 0 radical (unpaired) electrons. The summed E-state index contributed by atoms with van der Waals surface area (Å²) in [7, 11) is 1.62. The highest BCUT2D eigenvalue weighted by molar-refractivity contribution is 8.00. The monoisotopic (exact) mass is 584 g/mol. The molecule has 0 bridgehead atoms. The second-order valence-corrected chi connectivity index (χ2v) is 11.5. The molecular weight excluding hydrogens is 557 g/mol. The van der Waals surface area contributed by atoms with Crippen molar-refractivity contribution in [2.24, 2.45) is 0 Å². The van der Waals surface area contributed by atoms with E-state index in [2.05, 4.69) is 51.3 Å². The van der Waals surface area contributed by atoms with Crippen LogP contribution in [0, 0.1) is 0 Å². The van der Waals surface area contributed by atoms with Gasteiger partial charge in [-0.15, -0.1) is 23.1 Å². The molecule has 0 aliphatic heterocycles. The Hall–Kier alpha value is -3.92. The van der Waals surface area contributed by atoms with Crippen LogP contribution in [0.15, 0.2) is 101 Å². The Morgan fingerprint density at radius 3 is 2.58 bits per heavy atom. The van der Waals surface area contributed by atoms with Crippen LogP contribution >= 0.6 is 35.3 Å². The van der Waals surface area contributed by atoms with E-state index in [0.29, 0.717) is 22.4 Å². The molecule has 6 nitrogen and oxygen atoms in total. The molecule has 0 saturated heterocycles. The van der Waals surface area contributed by atoms with Crippen LogP contribution in [0.5, 0.6) is 5.75 Å². The summed E-state index contributed by atoms with van der Waals surface area (Å²) in [4.78, 5) is 18.8. The maximum atomic E-state index is 13.2. The topological polar surface area (TPSA) is 75.3 Å². The number of amides is 1. The van der Waals surface area contributed by atoms with E-state index in [4.69, 9.17) is 17.0 Å². The average molecular weight is 585 g/mol. The molecule has 1 unspecified atom stereocenters. The van der Waals surface area contributed by atoms with Gasteiger partial charge in [-0.1, -0.05) is 61.5 Å². The van der Waals surface area contributed by atoms with Gasteiger partial charge in [-0.25, -0.2) is 4.98 Å². The highest BCUT2D eigenvalue weighted by Gasteiger charge is 2.20. The van der Waals surface area contributed by atoms with Gasteiger partial charge >= 0.3 is 0 Å². The maximum Gasteiger partial charge on any atom is 0.239 e. The molecule has 5 aromatic rings. The van der Waals surface area contributed by atoms with E-state index in [1.54, 1.807) is 7.11 Å². The van der Waals surface area contributed by atoms with Crippen LogP contribution in [0.1, 0.15) is 13.3 Å². The molecule has 0 aliphatic carbocycles. The first kappa shape index (κ1) is 27.6. The molecule has 9 heteroatoms. The first-order chi connectivity index (χ1) is 19.5. The van der Waals surface area contributed by atoms with Gasteiger partial charge in [-0.3, -0.25) is 4.79 Å². The molecule has 0 fully saturated rings. The van der Waals surface area contributed by atoms with E-state index < -0.39 is 0 Å². The molecule has 5 rings (SSSR count). The lowest BCUT2D eigenvalue weighted by atomic mass is 10.1. The average Bonchev–Trinajstić information content (AvgIpc) is 3.44. The van der Waals surface area contributed by atoms with Crippen LogP contribution in [-0.2, 0) is 4.79 Å². The number of hydrogen-bond acceptors (Lipinski definition) is 6. The first-order valence-electron chi connectivity index (χ1n) is 12.8. The van der Waals surface area contributed by atoms with Crippen molar-refractivity contribution in [3.8, 4) is 17.0 Å². The van der Waals surface area contributed by atoms with Crippen LogP contribution in [0.25, 0.3) is 22.0 Å². The van der Waals surface area contributed by atoms with Crippen molar-refractivity contribution in [2.75, 3.05) is 23.1 Å². The minimum absolute atomic E-state index is 0.0707. The zero-order valence-electron chi connectivity index (χ0n) is 22.0. The van der Waals surface area contributed by atoms with Crippen molar-refractivity contribution < 1.29 is 9.53 Å². The number of anilines is 3. The molecule has 1 heterocycles. The van der Waals surface area contributed by atoms with Crippen LogP contribution in [0.4, 0.5) is 16.5 Å². The SMILES string of the molecule is CCC(Sc1cccc(NC(=S)Nc2ccccc2OC)c1)C(=O)Nc1nc(-c2ccc3ccccc3c2)cs1. The van der Waals surface area contributed by atoms with Crippen LogP contribution in [-0.4, -0.2) is 28.4 Å². The Labute approximate surface area is 247 Å². The van der Waals surface area contributed by atoms with Crippen LogP contribution < -0.4 is 20.7 Å². The lowest BCUT2D eigenvalue weighted by Crippen LogP contribution is -2.24. The van der Waals surface area contributed by atoms with Gasteiger partial charge in [0.05, 0.1) is 23.7 Å². The molecular formula is C31H28N4O2S3. The number of carbonyl (C=O) groups is 1. The lowest BCUT2D eigenvalue weighted by Gasteiger charge is -2.16. The molecule has 202 valence electrons. The summed E-state index contributed by atoms with van der Waals surface area (Å²) < 4.78 is 5.38. The summed E-state index contributed by atoms with van der Waals surface area (Å²) in [5.41, 5.74) is 3.48. The number of methoxy groups -OCH3 is 1. The Bertz CT molecular complexity index is 1650. The number of para-hydroxylation sites is 2. The third-order valence-corrected chi connectivity index (χ3v) is 8.49. The molecule has 1 aromatic heterocycles. The number of thiocarbonyl (C=S) groups is 1. The molecule has 0 spiro atoms. The minimum Gasteiger partial charge on any atom is -0.495 e. The van der Waals surface area contributed by atoms with Gasteiger partial charge in [-0.05, 0) is 65.8 Å². The molecule has 0 saturated carbocycles. The largest absolute Gasteiger partial charge is 0.495 e. The Kier molecular flexibility index (Phi) is 8.95. The summed E-state index contributed by atoms with van der Waals surface area (Å²) >= 11 is 8.45. The maximum absolute atomic E-state index is 13.2. The van der Waals surface area contributed by atoms with Gasteiger partial charge in [-0.2, -0.15) is 0 Å². The van der Waals surface area contributed by atoms with E-state index in [1.807, 2.05) is 73.0 Å². The van der Waals surface area contributed by atoms with Gasteiger partial charge < -0.3 is 20.7 Å². The molecule has 1 atom stereocenters. The number of thiazole rings is 1. The second kappa shape index (κ2) is 13.0. The highest BCUT2D eigenvalue weighted by Crippen LogP contribution is 2.31. The fourth-order valence-electron chi connectivity index (χ4n) is 4.16. The Balaban J connectivity index is 1.21. The fraction of sp³-hybridized carbons (Fsp3) is 0.129. The summed E-state index contributed by atoms with van der Waals surface area (Å²) in [5, 5.41) is 14.5. The smallest absolute Gasteiger partial charge is 0.239 e. The van der Waals surface area contributed by atoms with Crippen molar-refractivity contribution in [2.45, 2.75) is 23.5 Å². The number of nitrogens with zero attached hydrogens (tertiary/aromatic N) is 1. The quantitative estimate of drug-likeness (QED) is 0.119. The van der Waals surface area contributed by atoms with Crippen molar-refractivity contribution in [3.05, 3.63) is 96.4 Å². The van der Waals surface area contributed by atoms with Crippen molar-refractivity contribution in [1.82, 2.24) is 4.98 Å². The molecule has 1 amide bonds. The number of ether oxygens (including phenoxy) is 1. The van der Waals surface area contributed by atoms with Gasteiger partial charge in [0.1, 0.15) is 5.75 Å². The summed E-state index contributed by atoms with van der Waals surface area (Å²) in [6.45, 7) is 2.01. The Morgan fingerprint density at radius 1 is 0.950 bits per heavy atom. The summed E-state index contributed by atoms with van der Waals surface area (Å²) in [6, 6.07) is 30.0. The van der Waals surface area contributed by atoms with E-state index in [0.717, 1.165) is 32.9 Å². The normalized spacial score (nSPS) is 11.6. The number of hydrogen-bond donors (Lipinski definition) is 3. The van der Waals surface area contributed by atoms with Crippen molar-refractivity contribution in [1.29, 1.82) is 0 Å². The molecule has 4 aromatic carbocycles. The first-order valence-corrected chi connectivity index (χ1v) is 14.9. The highest BCUT2D eigenvalue weighted by atomic mass is 32.2. The van der Waals surface area contributed by atoms with Crippen molar-refractivity contribution in [3.63, 3.8) is 0 Å². The number of carbonyl (C=O) groups excluding carboxylic acids is 1. The number of rotatable bonds is 9. The predicted octanol–water partition coefficient (Wildman–Crippen LogP) is 8.29. The third kappa shape index (κ3) is 6.80. The van der Waals surface area contributed by atoms with E-state index in [-0.39, 0.29) is 11.2 Å². The van der Waals surface area contributed by atoms with Crippen LogP contribution in [0.2, 0.25) is 0 Å². The Morgan fingerprint density at radius 2 is 1.75 bits per heavy atom. The van der Waals surface area contributed by atoms with Gasteiger partial charge in [0, 0.05) is 21.5 Å². The van der Waals surface area contributed by atoms with Gasteiger partial charge in [0.2, 0.25) is 5.91 Å².